The van der Waals surface area contributed by atoms with E-state index in [0.717, 1.165) is 42.9 Å². The molecule has 158 valence electrons. The van der Waals surface area contributed by atoms with Gasteiger partial charge in [-0.05, 0) is 50.2 Å². The van der Waals surface area contributed by atoms with E-state index in [0.29, 0.717) is 17.2 Å². The van der Waals surface area contributed by atoms with E-state index in [1.165, 1.54) is 4.90 Å². The van der Waals surface area contributed by atoms with Crippen molar-refractivity contribution < 1.29 is 23.5 Å². The van der Waals surface area contributed by atoms with Crippen LogP contribution in [0.15, 0.2) is 46.9 Å². The van der Waals surface area contributed by atoms with Crippen LogP contribution in [0.1, 0.15) is 31.1 Å². The van der Waals surface area contributed by atoms with Crippen molar-refractivity contribution in [2.24, 2.45) is 0 Å². The number of ether oxygens (including phenoxy) is 2. The number of hydrogen-bond donors (Lipinski definition) is 0. The van der Waals surface area contributed by atoms with Gasteiger partial charge in [-0.1, -0.05) is 12.1 Å². The van der Waals surface area contributed by atoms with E-state index in [9.17, 15) is 9.59 Å². The lowest BCUT2D eigenvalue weighted by atomic mass is 9.95. The van der Waals surface area contributed by atoms with Crippen LogP contribution in [0.25, 0.3) is 11.1 Å². The lowest BCUT2D eigenvalue weighted by Gasteiger charge is -2.33. The first-order valence-corrected chi connectivity index (χ1v) is 10.5. The zero-order valence-electron chi connectivity index (χ0n) is 16.8. The molecule has 8 nitrogen and oxygen atoms in total. The second-order valence-corrected chi connectivity index (χ2v) is 8.15. The van der Waals surface area contributed by atoms with E-state index in [-0.39, 0.29) is 30.9 Å². The fourth-order valence-corrected chi connectivity index (χ4v) is 4.72. The van der Waals surface area contributed by atoms with E-state index in [4.69, 9.17) is 13.9 Å². The predicted octanol–water partition coefficient (Wildman–Crippen LogP) is 3.07. The summed E-state index contributed by atoms with van der Waals surface area (Å²) in [6, 6.07) is 12.5. The Morgan fingerprint density at radius 2 is 1.77 bits per heavy atom. The van der Waals surface area contributed by atoms with Crippen LogP contribution in [-0.2, 0) is 9.59 Å². The van der Waals surface area contributed by atoms with Crippen LogP contribution in [0, 0.1) is 0 Å². The number of carbonyl (C=O) groups excluding carboxylic acids is 2. The van der Waals surface area contributed by atoms with Gasteiger partial charge < -0.3 is 13.9 Å². The second kappa shape index (κ2) is 7.09. The summed E-state index contributed by atoms with van der Waals surface area (Å²) in [5, 5.41) is 0. The topological polar surface area (TPSA) is 85.1 Å². The van der Waals surface area contributed by atoms with Gasteiger partial charge in [0.15, 0.2) is 23.0 Å². The van der Waals surface area contributed by atoms with Crippen molar-refractivity contribution in [3.8, 4) is 11.5 Å². The molecule has 2 saturated heterocycles. The molecule has 6 rings (SSSR count). The fraction of sp³-hybridized carbons (Fsp3) is 0.348. The molecule has 0 N–H and O–H groups in total. The average Bonchev–Trinajstić information content (AvgIpc) is 3.50. The van der Waals surface area contributed by atoms with Crippen molar-refractivity contribution in [1.29, 1.82) is 0 Å². The number of likely N-dealkylation sites (tertiary alicyclic amines) is 1. The number of aromatic nitrogens is 1. The SMILES string of the molecule is O=C1CC(N2CCC(c3nc4ccccc4o3)CC2)C(=O)N1c1ccc2c(c1)OCO2. The Bertz CT molecular complexity index is 1150. The Hall–Kier alpha value is -3.39. The highest BCUT2D eigenvalue weighted by molar-refractivity contribution is 6.22. The van der Waals surface area contributed by atoms with Crippen LogP contribution in [-0.4, -0.2) is 47.6 Å². The minimum atomic E-state index is -0.428. The molecule has 0 saturated carbocycles. The summed E-state index contributed by atoms with van der Waals surface area (Å²) in [6.45, 7) is 1.60. The molecular weight excluding hydrogens is 398 g/mol. The molecule has 3 aliphatic heterocycles. The van der Waals surface area contributed by atoms with E-state index < -0.39 is 6.04 Å². The van der Waals surface area contributed by atoms with Crippen LogP contribution >= 0.6 is 0 Å². The van der Waals surface area contributed by atoms with Crippen LogP contribution in [0.5, 0.6) is 11.5 Å². The highest BCUT2D eigenvalue weighted by Crippen LogP contribution is 2.38. The Morgan fingerprint density at radius 1 is 0.968 bits per heavy atom. The van der Waals surface area contributed by atoms with Gasteiger partial charge in [0.2, 0.25) is 12.7 Å². The normalized spacial score (nSPS) is 22.1. The van der Waals surface area contributed by atoms with E-state index in [1.54, 1.807) is 18.2 Å². The van der Waals surface area contributed by atoms with Gasteiger partial charge in [-0.2, -0.15) is 0 Å². The van der Waals surface area contributed by atoms with Gasteiger partial charge in [-0.3, -0.25) is 14.5 Å². The molecular formula is C23H21N3O5. The number of imide groups is 1. The first-order chi connectivity index (χ1) is 15.2. The summed E-state index contributed by atoms with van der Waals surface area (Å²) >= 11 is 0. The molecule has 0 spiro atoms. The van der Waals surface area contributed by atoms with Crippen molar-refractivity contribution in [3.05, 3.63) is 48.4 Å². The number of oxazole rings is 1. The van der Waals surface area contributed by atoms with Gasteiger partial charge in [-0.15, -0.1) is 0 Å². The Kier molecular flexibility index (Phi) is 4.21. The molecule has 1 aromatic heterocycles. The van der Waals surface area contributed by atoms with Crippen molar-refractivity contribution in [3.63, 3.8) is 0 Å². The third-order valence-electron chi connectivity index (χ3n) is 6.37. The van der Waals surface area contributed by atoms with Crippen LogP contribution < -0.4 is 14.4 Å². The molecule has 0 bridgehead atoms. The lowest BCUT2D eigenvalue weighted by molar-refractivity contribution is -0.123. The molecule has 2 amide bonds. The quantitative estimate of drug-likeness (QED) is 0.603. The Balaban J connectivity index is 1.16. The molecule has 0 radical (unpaired) electrons. The fourth-order valence-electron chi connectivity index (χ4n) is 4.72. The molecule has 3 aromatic rings. The van der Waals surface area contributed by atoms with Gasteiger partial charge in [0.1, 0.15) is 5.52 Å². The number of rotatable bonds is 3. The third kappa shape index (κ3) is 3.06. The number of para-hydroxylation sites is 2. The summed E-state index contributed by atoms with van der Waals surface area (Å²) in [6.07, 6.45) is 1.88. The minimum absolute atomic E-state index is 0.151. The zero-order valence-corrected chi connectivity index (χ0v) is 16.8. The Labute approximate surface area is 178 Å². The summed E-state index contributed by atoms with van der Waals surface area (Å²) in [4.78, 5) is 33.9. The average molecular weight is 419 g/mol. The lowest BCUT2D eigenvalue weighted by Crippen LogP contribution is -2.45. The van der Waals surface area contributed by atoms with Crippen molar-refractivity contribution >= 4 is 28.6 Å². The minimum Gasteiger partial charge on any atom is -0.454 e. The van der Waals surface area contributed by atoms with E-state index in [2.05, 4.69) is 9.88 Å². The molecule has 31 heavy (non-hydrogen) atoms. The third-order valence-corrected chi connectivity index (χ3v) is 6.37. The maximum atomic E-state index is 13.1. The van der Waals surface area contributed by atoms with Crippen molar-refractivity contribution in [1.82, 2.24) is 9.88 Å². The van der Waals surface area contributed by atoms with Crippen LogP contribution in [0.3, 0.4) is 0 Å². The smallest absolute Gasteiger partial charge is 0.251 e. The molecule has 3 aliphatic rings. The molecule has 1 unspecified atom stereocenters. The second-order valence-electron chi connectivity index (χ2n) is 8.15. The standard InChI is InChI=1S/C23H21N3O5/c27-21-12-17(23(28)26(21)15-5-6-19-20(11-15)30-13-29-19)25-9-7-14(8-10-25)22-24-16-3-1-2-4-18(16)31-22/h1-6,11,14,17H,7-10,12-13H2. The predicted molar refractivity (Wildman–Crippen MR) is 111 cm³/mol. The molecule has 2 aromatic carbocycles. The Morgan fingerprint density at radius 3 is 2.61 bits per heavy atom. The summed E-state index contributed by atoms with van der Waals surface area (Å²) < 4.78 is 16.6. The number of fused-ring (bicyclic) bond motifs is 2. The molecule has 4 heterocycles. The molecule has 0 aliphatic carbocycles. The van der Waals surface area contributed by atoms with Gasteiger partial charge in [0.05, 0.1) is 18.2 Å². The maximum Gasteiger partial charge on any atom is 0.251 e. The number of hydrogen-bond acceptors (Lipinski definition) is 7. The monoisotopic (exact) mass is 419 g/mol. The number of nitrogens with zero attached hydrogens (tertiary/aromatic N) is 3. The summed E-state index contributed by atoms with van der Waals surface area (Å²) in [7, 11) is 0. The van der Waals surface area contributed by atoms with Crippen LogP contribution in [0.4, 0.5) is 5.69 Å². The number of amides is 2. The molecule has 8 heteroatoms. The van der Waals surface area contributed by atoms with Gasteiger partial charge in [-0.25, -0.2) is 9.88 Å². The van der Waals surface area contributed by atoms with E-state index >= 15 is 0 Å². The summed E-state index contributed by atoms with van der Waals surface area (Å²) in [5.41, 5.74) is 2.20. The number of anilines is 1. The highest BCUT2D eigenvalue weighted by atomic mass is 16.7. The summed E-state index contributed by atoms with van der Waals surface area (Å²) in [5.74, 6) is 1.80. The molecule has 2 fully saturated rings. The number of benzene rings is 2. The molecule has 1 atom stereocenters. The highest BCUT2D eigenvalue weighted by Gasteiger charge is 2.44. The van der Waals surface area contributed by atoms with Gasteiger partial charge >= 0.3 is 0 Å². The van der Waals surface area contributed by atoms with Gasteiger partial charge in [0.25, 0.3) is 5.91 Å². The first kappa shape index (κ1) is 18.4. The first-order valence-electron chi connectivity index (χ1n) is 10.5. The van der Waals surface area contributed by atoms with Crippen LogP contribution in [0.2, 0.25) is 0 Å². The van der Waals surface area contributed by atoms with Crippen molar-refractivity contribution in [2.45, 2.75) is 31.2 Å². The maximum absolute atomic E-state index is 13.1. The zero-order chi connectivity index (χ0) is 20.9. The van der Waals surface area contributed by atoms with Gasteiger partial charge in [0, 0.05) is 12.0 Å². The van der Waals surface area contributed by atoms with E-state index in [1.807, 2.05) is 24.3 Å². The van der Waals surface area contributed by atoms with Crippen molar-refractivity contribution in [2.75, 3.05) is 24.8 Å². The number of carbonyl (C=O) groups is 2. The number of piperidine rings is 1. The largest absolute Gasteiger partial charge is 0.454 e.